The molecule has 0 saturated carbocycles. The standard InChI is InChI=1S/C5H6BNO3/c8-5-1-4(6(9)10)2-7-3-5/h1-3,8-10H. The van der Waals surface area contributed by atoms with Crippen molar-refractivity contribution in [2.45, 2.75) is 0 Å². The molecule has 1 aromatic heterocycles. The van der Waals surface area contributed by atoms with Gasteiger partial charge in [0.05, 0.1) is 6.20 Å². The van der Waals surface area contributed by atoms with E-state index < -0.39 is 7.12 Å². The SMILES string of the molecule is OB(O)c1cncc(O)c1. The summed E-state index contributed by atoms with van der Waals surface area (Å²) in [6.07, 6.45) is 2.48. The zero-order chi connectivity index (χ0) is 7.56. The lowest BCUT2D eigenvalue weighted by Crippen LogP contribution is -2.29. The molecule has 0 aliphatic rings. The Hall–Kier alpha value is -1.07. The highest BCUT2D eigenvalue weighted by molar-refractivity contribution is 6.58. The number of pyridine rings is 1. The van der Waals surface area contributed by atoms with Crippen molar-refractivity contribution in [1.29, 1.82) is 0 Å². The average Bonchev–Trinajstić information content (AvgIpc) is 1.88. The van der Waals surface area contributed by atoms with Gasteiger partial charge in [-0.15, -0.1) is 0 Å². The van der Waals surface area contributed by atoms with E-state index in [-0.39, 0.29) is 11.2 Å². The Morgan fingerprint density at radius 3 is 2.40 bits per heavy atom. The fraction of sp³-hybridized carbons (Fsp3) is 0. The van der Waals surface area contributed by atoms with Crippen molar-refractivity contribution in [3.63, 3.8) is 0 Å². The minimum atomic E-state index is -1.57. The predicted molar refractivity (Wildman–Crippen MR) is 35.7 cm³/mol. The highest BCUT2D eigenvalue weighted by atomic mass is 16.4. The summed E-state index contributed by atoms with van der Waals surface area (Å²) in [7, 11) is -1.57. The second-order valence-corrected chi connectivity index (χ2v) is 1.85. The van der Waals surface area contributed by atoms with Crippen molar-refractivity contribution in [2.75, 3.05) is 0 Å². The van der Waals surface area contributed by atoms with Gasteiger partial charge < -0.3 is 15.2 Å². The molecule has 0 bridgehead atoms. The van der Waals surface area contributed by atoms with Crippen LogP contribution in [-0.4, -0.2) is 27.3 Å². The summed E-state index contributed by atoms with van der Waals surface area (Å²) >= 11 is 0. The molecule has 0 fully saturated rings. The molecule has 10 heavy (non-hydrogen) atoms. The molecule has 1 rings (SSSR count). The van der Waals surface area contributed by atoms with Crippen LogP contribution >= 0.6 is 0 Å². The number of rotatable bonds is 1. The number of hydrogen-bond donors (Lipinski definition) is 3. The van der Waals surface area contributed by atoms with Crippen LogP contribution in [-0.2, 0) is 0 Å². The Morgan fingerprint density at radius 2 is 2.00 bits per heavy atom. The van der Waals surface area contributed by atoms with Gasteiger partial charge in [0.2, 0.25) is 0 Å². The number of aromatic hydroxyl groups is 1. The van der Waals surface area contributed by atoms with Crippen LogP contribution in [0.25, 0.3) is 0 Å². The Bertz CT molecular complexity index is 228. The van der Waals surface area contributed by atoms with E-state index in [4.69, 9.17) is 15.2 Å². The summed E-state index contributed by atoms with van der Waals surface area (Å²) in [4.78, 5) is 3.54. The summed E-state index contributed by atoms with van der Waals surface area (Å²) < 4.78 is 0. The van der Waals surface area contributed by atoms with Gasteiger partial charge in [0, 0.05) is 11.7 Å². The number of nitrogens with zero attached hydrogens (tertiary/aromatic N) is 1. The Kier molecular flexibility index (Phi) is 1.89. The first-order valence-electron chi connectivity index (χ1n) is 2.70. The maximum atomic E-state index is 8.78. The van der Waals surface area contributed by atoms with Gasteiger partial charge in [0.15, 0.2) is 0 Å². The van der Waals surface area contributed by atoms with Crippen LogP contribution in [0.5, 0.6) is 5.75 Å². The third-order valence-corrected chi connectivity index (χ3v) is 1.04. The van der Waals surface area contributed by atoms with E-state index >= 15 is 0 Å². The lowest BCUT2D eigenvalue weighted by molar-refractivity contribution is 0.424. The minimum Gasteiger partial charge on any atom is -0.506 e. The second kappa shape index (κ2) is 2.68. The Labute approximate surface area is 57.9 Å². The predicted octanol–water partition coefficient (Wildman–Crippen LogP) is -1.53. The van der Waals surface area contributed by atoms with Crippen LogP contribution in [0.4, 0.5) is 0 Å². The zero-order valence-corrected chi connectivity index (χ0v) is 5.10. The van der Waals surface area contributed by atoms with Gasteiger partial charge in [-0.1, -0.05) is 0 Å². The molecule has 0 saturated heterocycles. The summed E-state index contributed by atoms with van der Waals surface area (Å²) in [6, 6.07) is 1.23. The molecular formula is C5H6BNO3. The van der Waals surface area contributed by atoms with E-state index in [1.807, 2.05) is 0 Å². The summed E-state index contributed by atoms with van der Waals surface area (Å²) in [6.45, 7) is 0. The van der Waals surface area contributed by atoms with Gasteiger partial charge in [-0.3, -0.25) is 4.98 Å². The van der Waals surface area contributed by atoms with E-state index in [1.54, 1.807) is 0 Å². The zero-order valence-electron chi connectivity index (χ0n) is 5.10. The molecule has 0 amide bonds. The molecule has 0 atom stereocenters. The monoisotopic (exact) mass is 139 g/mol. The lowest BCUT2D eigenvalue weighted by atomic mass is 9.82. The topological polar surface area (TPSA) is 73.6 Å². The molecular weight excluding hydrogens is 133 g/mol. The van der Waals surface area contributed by atoms with E-state index in [2.05, 4.69) is 4.98 Å². The van der Waals surface area contributed by atoms with Crippen LogP contribution in [0, 0.1) is 0 Å². The molecule has 0 aliphatic heterocycles. The molecule has 52 valence electrons. The quantitative estimate of drug-likeness (QED) is 0.412. The molecule has 1 aromatic rings. The first-order valence-corrected chi connectivity index (χ1v) is 2.70. The highest BCUT2D eigenvalue weighted by Crippen LogP contribution is 1.99. The van der Waals surface area contributed by atoms with Crippen molar-refractivity contribution in [1.82, 2.24) is 4.98 Å². The molecule has 5 heteroatoms. The smallest absolute Gasteiger partial charge is 0.490 e. The maximum absolute atomic E-state index is 8.78. The molecule has 4 nitrogen and oxygen atoms in total. The largest absolute Gasteiger partial charge is 0.506 e. The van der Waals surface area contributed by atoms with E-state index in [1.165, 1.54) is 18.5 Å². The van der Waals surface area contributed by atoms with Crippen molar-refractivity contribution >= 4 is 12.6 Å². The molecule has 0 aromatic carbocycles. The maximum Gasteiger partial charge on any atom is 0.490 e. The Morgan fingerprint density at radius 1 is 1.30 bits per heavy atom. The Balaban J connectivity index is 2.96. The van der Waals surface area contributed by atoms with Crippen LogP contribution in [0.3, 0.4) is 0 Å². The molecule has 1 heterocycles. The fourth-order valence-electron chi connectivity index (χ4n) is 0.586. The summed E-state index contributed by atoms with van der Waals surface area (Å²) in [5.74, 6) is -0.0781. The van der Waals surface area contributed by atoms with Crippen LogP contribution < -0.4 is 5.46 Å². The first-order chi connectivity index (χ1) is 4.70. The fourth-order valence-corrected chi connectivity index (χ4v) is 0.586. The number of hydrogen-bond acceptors (Lipinski definition) is 4. The van der Waals surface area contributed by atoms with E-state index in [0.717, 1.165) is 0 Å². The molecule has 0 aliphatic carbocycles. The van der Waals surface area contributed by atoms with Crippen molar-refractivity contribution in [3.8, 4) is 5.75 Å². The number of aromatic nitrogens is 1. The summed E-state index contributed by atoms with van der Waals surface area (Å²) in [5, 5.41) is 25.9. The highest BCUT2D eigenvalue weighted by Gasteiger charge is 2.10. The molecule has 0 spiro atoms. The summed E-state index contributed by atoms with van der Waals surface area (Å²) in [5.41, 5.74) is 0.181. The molecule has 0 unspecified atom stereocenters. The normalized spacial score (nSPS) is 9.40. The van der Waals surface area contributed by atoms with Crippen LogP contribution in [0.1, 0.15) is 0 Å². The second-order valence-electron chi connectivity index (χ2n) is 1.85. The van der Waals surface area contributed by atoms with E-state index in [0.29, 0.717) is 0 Å². The molecule has 3 N–H and O–H groups in total. The van der Waals surface area contributed by atoms with Crippen molar-refractivity contribution in [2.24, 2.45) is 0 Å². The third-order valence-electron chi connectivity index (χ3n) is 1.04. The lowest BCUT2D eigenvalue weighted by Gasteiger charge is -1.96. The van der Waals surface area contributed by atoms with Gasteiger partial charge >= 0.3 is 7.12 Å². The third kappa shape index (κ3) is 1.46. The van der Waals surface area contributed by atoms with Gasteiger partial charge in [-0.25, -0.2) is 0 Å². The van der Waals surface area contributed by atoms with E-state index in [9.17, 15) is 0 Å². The van der Waals surface area contributed by atoms with Crippen LogP contribution in [0.2, 0.25) is 0 Å². The van der Waals surface area contributed by atoms with Gasteiger partial charge in [0.25, 0.3) is 0 Å². The molecule has 0 radical (unpaired) electrons. The van der Waals surface area contributed by atoms with Gasteiger partial charge in [-0.05, 0) is 6.07 Å². The van der Waals surface area contributed by atoms with Gasteiger partial charge in [0.1, 0.15) is 5.75 Å². The van der Waals surface area contributed by atoms with Crippen LogP contribution in [0.15, 0.2) is 18.5 Å². The minimum absolute atomic E-state index is 0.0781. The van der Waals surface area contributed by atoms with Gasteiger partial charge in [-0.2, -0.15) is 0 Å². The first kappa shape index (κ1) is 7.05. The van der Waals surface area contributed by atoms with Crippen molar-refractivity contribution in [3.05, 3.63) is 18.5 Å². The van der Waals surface area contributed by atoms with Crippen molar-refractivity contribution < 1.29 is 15.2 Å². The average molecular weight is 139 g/mol.